The Morgan fingerprint density at radius 2 is 1.88 bits per heavy atom. The SMILES string of the molecule is CN(C)C(=O)c1ccc2c(c1)N(CC(=O)NCc1ccc3c(c1)OCO3)C(=O)C1CCCCN21. The van der Waals surface area contributed by atoms with Gasteiger partial charge in [0.15, 0.2) is 11.5 Å². The van der Waals surface area contributed by atoms with Crippen molar-refractivity contribution in [3.05, 3.63) is 47.5 Å². The summed E-state index contributed by atoms with van der Waals surface area (Å²) in [5.41, 5.74) is 2.86. The number of amides is 3. The lowest BCUT2D eigenvalue weighted by molar-refractivity contribution is -0.125. The highest BCUT2D eigenvalue weighted by Crippen LogP contribution is 2.40. The van der Waals surface area contributed by atoms with Crippen LogP contribution in [0.4, 0.5) is 11.4 Å². The minimum Gasteiger partial charge on any atom is -0.454 e. The van der Waals surface area contributed by atoms with E-state index in [2.05, 4.69) is 10.2 Å². The Bertz CT molecular complexity index is 1150. The third kappa shape index (κ3) is 4.02. The van der Waals surface area contributed by atoms with E-state index in [0.29, 0.717) is 29.3 Å². The number of piperidine rings is 1. The second kappa shape index (κ2) is 8.89. The number of nitrogens with zero attached hydrogens (tertiary/aromatic N) is 3. The van der Waals surface area contributed by atoms with Crippen molar-refractivity contribution in [2.45, 2.75) is 31.8 Å². The maximum absolute atomic E-state index is 13.5. The van der Waals surface area contributed by atoms with Crippen LogP contribution < -0.4 is 24.6 Å². The van der Waals surface area contributed by atoms with Crippen molar-refractivity contribution >= 4 is 29.1 Å². The van der Waals surface area contributed by atoms with Gasteiger partial charge in [-0.3, -0.25) is 19.3 Å². The molecule has 1 N–H and O–H groups in total. The molecule has 9 heteroatoms. The van der Waals surface area contributed by atoms with Crippen LogP contribution in [-0.4, -0.2) is 62.6 Å². The first kappa shape index (κ1) is 22.1. The van der Waals surface area contributed by atoms with E-state index in [-0.39, 0.29) is 37.1 Å². The first-order valence-corrected chi connectivity index (χ1v) is 11.5. The highest BCUT2D eigenvalue weighted by molar-refractivity contribution is 6.09. The summed E-state index contributed by atoms with van der Waals surface area (Å²) >= 11 is 0. The Morgan fingerprint density at radius 1 is 1.06 bits per heavy atom. The van der Waals surface area contributed by atoms with Gasteiger partial charge in [-0.2, -0.15) is 0 Å². The molecule has 9 nitrogen and oxygen atoms in total. The molecule has 1 saturated heterocycles. The van der Waals surface area contributed by atoms with Crippen molar-refractivity contribution < 1.29 is 23.9 Å². The molecule has 0 radical (unpaired) electrons. The zero-order chi connectivity index (χ0) is 23.8. The maximum atomic E-state index is 13.5. The summed E-state index contributed by atoms with van der Waals surface area (Å²) in [6.07, 6.45) is 2.74. The van der Waals surface area contributed by atoms with Crippen molar-refractivity contribution in [2.24, 2.45) is 0 Å². The predicted octanol–water partition coefficient (Wildman–Crippen LogP) is 2.14. The Morgan fingerprint density at radius 3 is 2.71 bits per heavy atom. The number of hydrogen-bond acceptors (Lipinski definition) is 6. The molecule has 3 aliphatic rings. The summed E-state index contributed by atoms with van der Waals surface area (Å²) in [5.74, 6) is 0.821. The summed E-state index contributed by atoms with van der Waals surface area (Å²) in [5, 5.41) is 2.90. The number of rotatable bonds is 5. The Hall–Kier alpha value is -3.75. The number of benzene rings is 2. The fourth-order valence-corrected chi connectivity index (χ4v) is 4.76. The van der Waals surface area contributed by atoms with E-state index in [9.17, 15) is 14.4 Å². The fourth-order valence-electron chi connectivity index (χ4n) is 4.76. The third-order valence-electron chi connectivity index (χ3n) is 6.51. The Kier molecular flexibility index (Phi) is 5.77. The molecule has 0 aromatic heterocycles. The van der Waals surface area contributed by atoms with Gasteiger partial charge in [0.2, 0.25) is 18.6 Å². The predicted molar refractivity (Wildman–Crippen MR) is 126 cm³/mol. The van der Waals surface area contributed by atoms with Crippen molar-refractivity contribution in [3.8, 4) is 11.5 Å². The van der Waals surface area contributed by atoms with Gasteiger partial charge in [-0.05, 0) is 55.2 Å². The molecule has 3 heterocycles. The number of anilines is 2. The van der Waals surface area contributed by atoms with E-state index >= 15 is 0 Å². The number of carbonyl (C=O) groups excluding carboxylic acids is 3. The average Bonchev–Trinajstić information content (AvgIpc) is 3.32. The van der Waals surface area contributed by atoms with Crippen molar-refractivity contribution in [3.63, 3.8) is 0 Å². The molecule has 2 aromatic carbocycles. The number of nitrogens with one attached hydrogen (secondary N) is 1. The van der Waals surface area contributed by atoms with Crippen molar-refractivity contribution in [1.29, 1.82) is 0 Å². The molecular weight excluding hydrogens is 436 g/mol. The normalized spacial score (nSPS) is 18.3. The zero-order valence-corrected chi connectivity index (χ0v) is 19.4. The van der Waals surface area contributed by atoms with Crippen LogP contribution in [0.15, 0.2) is 36.4 Å². The van der Waals surface area contributed by atoms with Crippen LogP contribution in [0.3, 0.4) is 0 Å². The number of ether oxygens (including phenoxy) is 2. The second-order valence-electron chi connectivity index (χ2n) is 9.00. The Labute approximate surface area is 198 Å². The summed E-state index contributed by atoms with van der Waals surface area (Å²) in [4.78, 5) is 44.1. The molecule has 2 aromatic rings. The molecule has 1 unspecified atom stereocenters. The maximum Gasteiger partial charge on any atom is 0.253 e. The van der Waals surface area contributed by atoms with Gasteiger partial charge >= 0.3 is 0 Å². The van der Waals surface area contributed by atoms with Crippen LogP contribution in [-0.2, 0) is 16.1 Å². The number of hydrogen-bond donors (Lipinski definition) is 1. The van der Waals surface area contributed by atoms with Crippen LogP contribution >= 0.6 is 0 Å². The first-order valence-electron chi connectivity index (χ1n) is 11.5. The molecule has 0 spiro atoms. The molecule has 1 atom stereocenters. The van der Waals surface area contributed by atoms with Crippen LogP contribution in [0, 0.1) is 0 Å². The van der Waals surface area contributed by atoms with E-state index in [1.165, 1.54) is 9.80 Å². The van der Waals surface area contributed by atoms with Gasteiger partial charge in [-0.1, -0.05) is 6.07 Å². The van der Waals surface area contributed by atoms with Crippen molar-refractivity contribution in [2.75, 3.05) is 43.8 Å². The van der Waals surface area contributed by atoms with Crippen molar-refractivity contribution in [1.82, 2.24) is 10.2 Å². The molecule has 3 amide bonds. The summed E-state index contributed by atoms with van der Waals surface area (Å²) in [7, 11) is 3.38. The van der Waals surface area contributed by atoms with Gasteiger partial charge in [-0.15, -0.1) is 0 Å². The summed E-state index contributed by atoms with van der Waals surface area (Å²) in [6.45, 7) is 1.17. The highest BCUT2D eigenvalue weighted by atomic mass is 16.7. The van der Waals surface area contributed by atoms with Gasteiger partial charge in [0.25, 0.3) is 5.91 Å². The molecule has 5 rings (SSSR count). The number of carbonyl (C=O) groups is 3. The Balaban J connectivity index is 1.37. The van der Waals surface area contributed by atoms with E-state index in [0.717, 1.165) is 37.1 Å². The molecule has 3 aliphatic heterocycles. The smallest absolute Gasteiger partial charge is 0.253 e. The van der Waals surface area contributed by atoms with Gasteiger partial charge in [0.1, 0.15) is 12.6 Å². The topological polar surface area (TPSA) is 91.4 Å². The summed E-state index contributed by atoms with van der Waals surface area (Å²) in [6, 6.07) is 10.7. The van der Waals surface area contributed by atoms with E-state index < -0.39 is 0 Å². The van der Waals surface area contributed by atoms with Gasteiger partial charge in [-0.25, -0.2) is 0 Å². The van der Waals surface area contributed by atoms with Gasteiger partial charge in [0.05, 0.1) is 11.4 Å². The average molecular weight is 465 g/mol. The summed E-state index contributed by atoms with van der Waals surface area (Å²) < 4.78 is 10.7. The second-order valence-corrected chi connectivity index (χ2v) is 9.00. The molecule has 178 valence electrons. The van der Waals surface area contributed by atoms with Gasteiger partial charge < -0.3 is 24.6 Å². The van der Waals surface area contributed by atoms with Crippen LogP contribution in [0.1, 0.15) is 35.2 Å². The van der Waals surface area contributed by atoms with Crippen LogP contribution in [0.5, 0.6) is 11.5 Å². The molecular formula is C25H28N4O5. The standard InChI is InChI=1S/C25H28N4O5/c1-27(2)24(31)17-7-8-18-20(12-17)29(25(32)19-5-3-4-10-28(18)19)14-23(30)26-13-16-6-9-21-22(11-16)34-15-33-21/h6-9,11-12,19H,3-5,10,13-15H2,1-2H3,(H,26,30). The highest BCUT2D eigenvalue weighted by Gasteiger charge is 2.40. The van der Waals surface area contributed by atoms with E-state index in [1.807, 2.05) is 24.3 Å². The van der Waals surface area contributed by atoms with Crippen LogP contribution in [0.25, 0.3) is 0 Å². The minimum atomic E-state index is -0.279. The van der Waals surface area contributed by atoms with E-state index in [1.54, 1.807) is 26.2 Å². The largest absolute Gasteiger partial charge is 0.454 e. The molecule has 1 fully saturated rings. The first-order chi connectivity index (χ1) is 16.4. The molecule has 0 saturated carbocycles. The third-order valence-corrected chi connectivity index (χ3v) is 6.51. The molecule has 0 bridgehead atoms. The monoisotopic (exact) mass is 464 g/mol. The van der Waals surface area contributed by atoms with Crippen LogP contribution in [0.2, 0.25) is 0 Å². The zero-order valence-electron chi connectivity index (χ0n) is 19.4. The lowest BCUT2D eigenvalue weighted by Crippen LogP contribution is -2.57. The minimum absolute atomic E-state index is 0.0973. The quantitative estimate of drug-likeness (QED) is 0.729. The lowest BCUT2D eigenvalue weighted by atomic mass is 9.95. The molecule has 34 heavy (non-hydrogen) atoms. The fraction of sp³-hybridized carbons (Fsp3) is 0.400. The lowest BCUT2D eigenvalue weighted by Gasteiger charge is -2.45. The number of fused-ring (bicyclic) bond motifs is 4. The molecule has 0 aliphatic carbocycles. The van der Waals surface area contributed by atoms with Gasteiger partial charge in [0, 0.05) is 32.7 Å². The van der Waals surface area contributed by atoms with E-state index in [4.69, 9.17) is 9.47 Å².